The summed E-state index contributed by atoms with van der Waals surface area (Å²) in [5.41, 5.74) is 1.14. The number of benzene rings is 2. The quantitative estimate of drug-likeness (QED) is 0.423. The van der Waals surface area contributed by atoms with E-state index in [1.807, 2.05) is 0 Å². The summed E-state index contributed by atoms with van der Waals surface area (Å²) < 4.78 is 10.1. The molecule has 1 N–H and O–H groups in total. The van der Waals surface area contributed by atoms with Crippen LogP contribution in [0, 0.1) is 17.0 Å². The van der Waals surface area contributed by atoms with Gasteiger partial charge in [0.2, 0.25) is 0 Å². The van der Waals surface area contributed by atoms with Crippen molar-refractivity contribution in [3.8, 4) is 5.75 Å². The Kier molecular flexibility index (Phi) is 7.08. The lowest BCUT2D eigenvalue weighted by atomic mass is 10.0. The number of methoxy groups -OCH3 is 1. The van der Waals surface area contributed by atoms with Crippen molar-refractivity contribution >= 4 is 17.6 Å². The topological polar surface area (TPSA) is 108 Å². The average molecular weight is 386 g/mol. The molecule has 0 aromatic heterocycles. The maximum Gasteiger partial charge on any atom is 0.308 e. The van der Waals surface area contributed by atoms with Crippen molar-refractivity contribution in [2.24, 2.45) is 0 Å². The summed E-state index contributed by atoms with van der Waals surface area (Å²) in [7, 11) is 1.54. The molecular weight excluding hydrogens is 364 g/mol. The van der Waals surface area contributed by atoms with E-state index >= 15 is 0 Å². The molecule has 0 aliphatic carbocycles. The number of hydrogen-bond acceptors (Lipinski definition) is 6. The SMILES string of the molecule is CCOC(=O)C[C@H](NC(=O)c1ccc(C)c([N+](=O)[O-])c1)c1ccc(OC)cc1. The van der Waals surface area contributed by atoms with E-state index in [1.54, 1.807) is 38.1 Å². The second-order valence-electron chi connectivity index (χ2n) is 6.07. The highest BCUT2D eigenvalue weighted by molar-refractivity contribution is 5.95. The van der Waals surface area contributed by atoms with Gasteiger partial charge in [0, 0.05) is 17.2 Å². The van der Waals surface area contributed by atoms with Crippen molar-refractivity contribution in [3.63, 3.8) is 0 Å². The number of hydrogen-bond donors (Lipinski definition) is 1. The third-order valence-electron chi connectivity index (χ3n) is 4.17. The fourth-order valence-electron chi connectivity index (χ4n) is 2.66. The first-order chi connectivity index (χ1) is 13.3. The number of amides is 1. The predicted molar refractivity (Wildman–Crippen MR) is 102 cm³/mol. The number of nitro benzene ring substituents is 1. The zero-order valence-electron chi connectivity index (χ0n) is 15.9. The van der Waals surface area contributed by atoms with Crippen LogP contribution < -0.4 is 10.1 Å². The fourth-order valence-corrected chi connectivity index (χ4v) is 2.66. The van der Waals surface area contributed by atoms with Gasteiger partial charge in [-0.15, -0.1) is 0 Å². The summed E-state index contributed by atoms with van der Waals surface area (Å²) >= 11 is 0. The number of carbonyl (C=O) groups excluding carboxylic acids is 2. The molecule has 1 atom stereocenters. The van der Waals surface area contributed by atoms with Gasteiger partial charge >= 0.3 is 5.97 Å². The Balaban J connectivity index is 2.27. The highest BCUT2D eigenvalue weighted by atomic mass is 16.6. The van der Waals surface area contributed by atoms with Gasteiger partial charge in [-0.2, -0.15) is 0 Å². The molecule has 2 rings (SSSR count). The van der Waals surface area contributed by atoms with E-state index in [9.17, 15) is 19.7 Å². The number of carbonyl (C=O) groups is 2. The molecule has 148 valence electrons. The van der Waals surface area contributed by atoms with Crippen molar-refractivity contribution in [1.82, 2.24) is 5.32 Å². The number of ether oxygens (including phenoxy) is 2. The fraction of sp³-hybridized carbons (Fsp3) is 0.300. The molecule has 0 radical (unpaired) electrons. The van der Waals surface area contributed by atoms with Crippen LogP contribution in [0.4, 0.5) is 5.69 Å². The van der Waals surface area contributed by atoms with E-state index in [4.69, 9.17) is 9.47 Å². The molecule has 1 amide bonds. The molecule has 0 bridgehead atoms. The average Bonchev–Trinajstić information content (AvgIpc) is 2.67. The first-order valence-corrected chi connectivity index (χ1v) is 8.71. The Morgan fingerprint density at radius 3 is 2.43 bits per heavy atom. The summed E-state index contributed by atoms with van der Waals surface area (Å²) in [5.74, 6) is -0.342. The minimum absolute atomic E-state index is 0.0696. The number of nitro groups is 1. The first kappa shape index (κ1) is 20.9. The number of esters is 1. The molecule has 0 aliphatic heterocycles. The smallest absolute Gasteiger partial charge is 0.308 e. The maximum absolute atomic E-state index is 12.7. The van der Waals surface area contributed by atoms with E-state index in [-0.39, 0.29) is 24.3 Å². The Morgan fingerprint density at radius 2 is 1.86 bits per heavy atom. The van der Waals surface area contributed by atoms with Crippen molar-refractivity contribution in [2.75, 3.05) is 13.7 Å². The Hall–Kier alpha value is -3.42. The van der Waals surface area contributed by atoms with Gasteiger partial charge in [0.05, 0.1) is 31.1 Å². The number of rotatable bonds is 8. The first-order valence-electron chi connectivity index (χ1n) is 8.71. The molecule has 0 saturated heterocycles. The zero-order chi connectivity index (χ0) is 20.7. The van der Waals surface area contributed by atoms with Crippen LogP contribution in [0.5, 0.6) is 5.75 Å². The van der Waals surface area contributed by atoms with E-state index in [0.29, 0.717) is 16.9 Å². The normalized spacial score (nSPS) is 11.4. The highest BCUT2D eigenvalue weighted by Gasteiger charge is 2.22. The standard InChI is InChI=1S/C20H22N2O6/c1-4-28-19(23)12-17(14-7-9-16(27-3)10-8-14)21-20(24)15-6-5-13(2)18(11-15)22(25)26/h5-11,17H,4,12H2,1-3H3,(H,21,24)/t17-/m0/s1. The van der Waals surface area contributed by atoms with E-state index in [2.05, 4.69) is 5.32 Å². The van der Waals surface area contributed by atoms with Crippen LogP contribution in [0.25, 0.3) is 0 Å². The summed E-state index contributed by atoms with van der Waals surface area (Å²) in [4.78, 5) is 35.2. The van der Waals surface area contributed by atoms with Crippen LogP contribution >= 0.6 is 0 Å². The number of nitrogens with one attached hydrogen (secondary N) is 1. The van der Waals surface area contributed by atoms with Gasteiger partial charge in [-0.25, -0.2) is 0 Å². The summed E-state index contributed by atoms with van der Waals surface area (Å²) in [5, 5.41) is 13.9. The lowest BCUT2D eigenvalue weighted by Crippen LogP contribution is -2.30. The molecule has 0 aliphatic rings. The van der Waals surface area contributed by atoms with Gasteiger partial charge < -0.3 is 14.8 Å². The van der Waals surface area contributed by atoms with Crippen LogP contribution in [0.1, 0.15) is 40.9 Å². The van der Waals surface area contributed by atoms with Gasteiger partial charge in [-0.1, -0.05) is 18.2 Å². The highest BCUT2D eigenvalue weighted by Crippen LogP contribution is 2.23. The second kappa shape index (κ2) is 9.50. The van der Waals surface area contributed by atoms with Gasteiger partial charge in [-0.3, -0.25) is 19.7 Å². The van der Waals surface area contributed by atoms with Crippen LogP contribution in [0.3, 0.4) is 0 Å². The van der Waals surface area contributed by atoms with Gasteiger partial charge in [0.25, 0.3) is 11.6 Å². The molecule has 0 spiro atoms. The monoisotopic (exact) mass is 386 g/mol. The van der Waals surface area contributed by atoms with Crippen molar-refractivity contribution in [3.05, 3.63) is 69.3 Å². The van der Waals surface area contributed by atoms with E-state index in [1.165, 1.54) is 25.3 Å². The van der Waals surface area contributed by atoms with Crippen LogP contribution in [-0.4, -0.2) is 30.5 Å². The summed E-state index contributed by atoms with van der Waals surface area (Å²) in [6.45, 7) is 3.53. The molecular formula is C20H22N2O6. The molecule has 0 unspecified atom stereocenters. The van der Waals surface area contributed by atoms with Gasteiger partial charge in [0.1, 0.15) is 5.75 Å². The third-order valence-corrected chi connectivity index (χ3v) is 4.17. The molecule has 8 heteroatoms. The predicted octanol–water partition coefficient (Wildman–Crippen LogP) is 3.34. The van der Waals surface area contributed by atoms with Crippen LogP contribution in [0.2, 0.25) is 0 Å². The molecule has 28 heavy (non-hydrogen) atoms. The van der Waals surface area contributed by atoms with Crippen molar-refractivity contribution in [1.29, 1.82) is 0 Å². The minimum Gasteiger partial charge on any atom is -0.497 e. The molecule has 0 heterocycles. The van der Waals surface area contributed by atoms with Crippen LogP contribution in [-0.2, 0) is 9.53 Å². The largest absolute Gasteiger partial charge is 0.497 e. The van der Waals surface area contributed by atoms with E-state index in [0.717, 1.165) is 0 Å². The lowest BCUT2D eigenvalue weighted by Gasteiger charge is -2.19. The van der Waals surface area contributed by atoms with Crippen molar-refractivity contribution in [2.45, 2.75) is 26.3 Å². The van der Waals surface area contributed by atoms with Crippen molar-refractivity contribution < 1.29 is 24.0 Å². The van der Waals surface area contributed by atoms with Gasteiger partial charge in [-0.05, 0) is 37.6 Å². The Morgan fingerprint density at radius 1 is 1.18 bits per heavy atom. The van der Waals surface area contributed by atoms with Crippen LogP contribution in [0.15, 0.2) is 42.5 Å². The number of nitrogens with zero attached hydrogens (tertiary/aromatic N) is 1. The molecule has 2 aromatic rings. The lowest BCUT2D eigenvalue weighted by molar-refractivity contribution is -0.385. The third kappa shape index (κ3) is 5.29. The second-order valence-corrected chi connectivity index (χ2v) is 6.07. The zero-order valence-corrected chi connectivity index (χ0v) is 15.9. The molecule has 2 aromatic carbocycles. The number of aryl methyl sites for hydroxylation is 1. The summed E-state index contributed by atoms with van der Waals surface area (Å²) in [6, 6.07) is 10.5. The van der Waals surface area contributed by atoms with E-state index < -0.39 is 22.8 Å². The minimum atomic E-state index is -0.655. The Bertz CT molecular complexity index is 863. The Labute approximate surface area is 162 Å². The molecule has 0 saturated carbocycles. The molecule has 0 fully saturated rings. The molecule has 8 nitrogen and oxygen atoms in total. The summed E-state index contributed by atoms with van der Waals surface area (Å²) in [6.07, 6.45) is -0.0696. The maximum atomic E-state index is 12.7. The van der Waals surface area contributed by atoms with Gasteiger partial charge in [0.15, 0.2) is 0 Å².